The molecule has 0 saturated carbocycles. The van der Waals surface area contributed by atoms with E-state index in [2.05, 4.69) is 21.5 Å². The third kappa shape index (κ3) is 4.42. The van der Waals surface area contributed by atoms with Crippen molar-refractivity contribution in [3.8, 4) is 23.1 Å². The number of carboxylic acid groups (broad SMARTS) is 1. The number of anilines is 1. The minimum atomic E-state index is -1.21. The monoisotopic (exact) mass is 545 g/mol. The highest BCUT2D eigenvalue weighted by molar-refractivity contribution is 7.19. The van der Waals surface area contributed by atoms with Gasteiger partial charge in [0.1, 0.15) is 15.6 Å². The van der Waals surface area contributed by atoms with Crippen LogP contribution in [0.25, 0.3) is 27.3 Å². The van der Waals surface area contributed by atoms with Gasteiger partial charge >= 0.3 is 5.97 Å². The fraction of sp³-hybridized carbons (Fsp3) is 0.148. The van der Waals surface area contributed by atoms with E-state index in [1.807, 2.05) is 19.9 Å². The summed E-state index contributed by atoms with van der Waals surface area (Å²) in [5.74, 6) is -0.827. The molecule has 5 rings (SSSR count). The molecule has 0 aliphatic rings. The number of rotatable bonds is 6. The van der Waals surface area contributed by atoms with Gasteiger partial charge in [-0.15, -0.1) is 11.3 Å². The molecule has 1 unspecified atom stereocenters. The quantitative estimate of drug-likeness (QED) is 0.244. The van der Waals surface area contributed by atoms with Crippen molar-refractivity contribution in [2.75, 3.05) is 5.32 Å². The molecule has 5 aromatic rings. The number of aryl methyl sites for hydroxylation is 1. The number of aromatic carboxylic acids is 1. The van der Waals surface area contributed by atoms with Crippen LogP contribution in [0.15, 0.2) is 58.0 Å². The minimum absolute atomic E-state index is 0.0729. The first-order valence-corrected chi connectivity index (χ1v) is 12.7. The van der Waals surface area contributed by atoms with E-state index in [1.165, 1.54) is 17.4 Å². The Hall–Kier alpha value is -4.46. The zero-order valence-electron chi connectivity index (χ0n) is 20.4. The summed E-state index contributed by atoms with van der Waals surface area (Å²) in [5, 5.41) is 26.4. The van der Waals surface area contributed by atoms with Gasteiger partial charge in [0, 0.05) is 22.2 Å². The Labute approximate surface area is 225 Å². The molecule has 4 aromatic heterocycles. The molecule has 0 bridgehead atoms. The van der Waals surface area contributed by atoms with Gasteiger partial charge < -0.3 is 14.8 Å². The second kappa shape index (κ2) is 9.78. The third-order valence-electron chi connectivity index (χ3n) is 6.13. The van der Waals surface area contributed by atoms with E-state index in [9.17, 15) is 20.0 Å². The van der Waals surface area contributed by atoms with E-state index >= 15 is 0 Å². The van der Waals surface area contributed by atoms with Crippen molar-refractivity contribution in [3.63, 3.8) is 0 Å². The summed E-state index contributed by atoms with van der Waals surface area (Å²) < 4.78 is 8.47. The Kier molecular flexibility index (Phi) is 6.48. The molecular formula is C27H20ClN5O4S. The molecule has 0 fully saturated rings. The fourth-order valence-electron chi connectivity index (χ4n) is 4.34. The molecule has 0 radical (unpaired) electrons. The van der Waals surface area contributed by atoms with Gasteiger partial charge in [-0.1, -0.05) is 17.7 Å². The lowest BCUT2D eigenvalue weighted by atomic mass is 10.1. The van der Waals surface area contributed by atoms with Gasteiger partial charge in [-0.3, -0.25) is 4.79 Å². The van der Waals surface area contributed by atoms with E-state index < -0.39 is 12.0 Å². The molecule has 0 aliphatic heterocycles. The average molecular weight is 546 g/mol. The standard InChI is InChI=1S/C27H20ClN5O4S/c1-13-23(34)26-25(37-24(13)17-11-30-33(12-17)18-6-4-5-16(9-18)10-29)21(15(3)38-26)14(2)31-19-7-8-20(28)32-22(19)27(35)36/h4-9,11-12,14,31H,1-3H3,(H,35,36). The van der Waals surface area contributed by atoms with Crippen LogP contribution in [0.5, 0.6) is 0 Å². The Morgan fingerprint density at radius 3 is 2.82 bits per heavy atom. The number of nitriles is 1. The number of fused-ring (bicyclic) bond motifs is 1. The number of hydrogen-bond acceptors (Lipinski definition) is 8. The molecule has 1 aromatic carbocycles. The van der Waals surface area contributed by atoms with Crippen LogP contribution in [0.2, 0.25) is 5.15 Å². The van der Waals surface area contributed by atoms with Crippen LogP contribution in [0.1, 0.15) is 45.0 Å². The van der Waals surface area contributed by atoms with Gasteiger partial charge in [0.2, 0.25) is 5.43 Å². The molecule has 1 atom stereocenters. The highest BCUT2D eigenvalue weighted by Gasteiger charge is 2.24. The van der Waals surface area contributed by atoms with Crippen molar-refractivity contribution in [1.82, 2.24) is 14.8 Å². The zero-order chi connectivity index (χ0) is 27.1. The van der Waals surface area contributed by atoms with Crippen LogP contribution in [0.4, 0.5) is 5.69 Å². The molecule has 38 heavy (non-hydrogen) atoms. The van der Waals surface area contributed by atoms with Crippen LogP contribution in [0, 0.1) is 25.2 Å². The van der Waals surface area contributed by atoms with Crippen LogP contribution in [-0.4, -0.2) is 25.8 Å². The summed E-state index contributed by atoms with van der Waals surface area (Å²) in [5.41, 5.74) is 3.38. The van der Waals surface area contributed by atoms with E-state index in [4.69, 9.17) is 16.0 Å². The van der Waals surface area contributed by atoms with E-state index in [-0.39, 0.29) is 16.3 Å². The van der Waals surface area contributed by atoms with Crippen molar-refractivity contribution < 1.29 is 14.3 Å². The number of thiophene rings is 1. The van der Waals surface area contributed by atoms with Crippen LogP contribution < -0.4 is 10.7 Å². The summed E-state index contributed by atoms with van der Waals surface area (Å²) in [6.07, 6.45) is 3.35. The predicted octanol–water partition coefficient (Wildman–Crippen LogP) is 6.12. The Morgan fingerprint density at radius 2 is 2.08 bits per heavy atom. The summed E-state index contributed by atoms with van der Waals surface area (Å²) in [6, 6.07) is 11.8. The Bertz CT molecular complexity index is 1830. The zero-order valence-corrected chi connectivity index (χ0v) is 22.0. The van der Waals surface area contributed by atoms with E-state index in [0.717, 1.165) is 10.4 Å². The van der Waals surface area contributed by atoms with Gasteiger partial charge in [-0.2, -0.15) is 10.4 Å². The SMILES string of the molecule is Cc1sc2c(=O)c(C)c(-c3cnn(-c4cccc(C#N)c4)c3)oc2c1C(C)Nc1ccc(Cl)nc1C(=O)O. The normalized spacial score (nSPS) is 11.9. The lowest BCUT2D eigenvalue weighted by Crippen LogP contribution is -2.13. The van der Waals surface area contributed by atoms with Crippen LogP contribution in [0.3, 0.4) is 0 Å². The summed E-state index contributed by atoms with van der Waals surface area (Å²) in [6.45, 7) is 5.46. The predicted molar refractivity (Wildman–Crippen MR) is 145 cm³/mol. The molecule has 0 spiro atoms. The summed E-state index contributed by atoms with van der Waals surface area (Å²) in [4.78, 5) is 29.9. The number of benzene rings is 1. The number of pyridine rings is 1. The average Bonchev–Trinajstić information content (AvgIpc) is 3.52. The first kappa shape index (κ1) is 25.2. The third-order valence-corrected chi connectivity index (χ3v) is 7.44. The second-order valence-corrected chi connectivity index (χ2v) is 10.3. The maximum absolute atomic E-state index is 13.4. The molecule has 4 heterocycles. The van der Waals surface area contributed by atoms with Crippen LogP contribution >= 0.6 is 22.9 Å². The fourth-order valence-corrected chi connectivity index (χ4v) is 5.66. The van der Waals surface area contributed by atoms with Crippen molar-refractivity contribution in [2.24, 2.45) is 0 Å². The topological polar surface area (TPSA) is 134 Å². The maximum atomic E-state index is 13.4. The number of nitrogens with zero attached hydrogens (tertiary/aromatic N) is 4. The summed E-state index contributed by atoms with van der Waals surface area (Å²) >= 11 is 7.22. The van der Waals surface area contributed by atoms with Crippen LogP contribution in [-0.2, 0) is 0 Å². The lowest BCUT2D eigenvalue weighted by Gasteiger charge is -2.17. The second-order valence-electron chi connectivity index (χ2n) is 8.65. The number of aromatic nitrogens is 3. The van der Waals surface area contributed by atoms with Gasteiger partial charge in [0.05, 0.1) is 40.8 Å². The van der Waals surface area contributed by atoms with Crippen molar-refractivity contribution in [1.29, 1.82) is 5.26 Å². The highest BCUT2D eigenvalue weighted by Crippen LogP contribution is 2.38. The molecular weight excluding hydrogens is 526 g/mol. The largest absolute Gasteiger partial charge is 0.476 e. The first-order chi connectivity index (χ1) is 18.2. The van der Waals surface area contributed by atoms with Crippen molar-refractivity contribution in [2.45, 2.75) is 26.8 Å². The molecule has 0 amide bonds. The Morgan fingerprint density at radius 1 is 1.29 bits per heavy atom. The molecule has 11 heteroatoms. The number of hydrogen-bond donors (Lipinski definition) is 2. The first-order valence-electron chi connectivity index (χ1n) is 11.5. The summed E-state index contributed by atoms with van der Waals surface area (Å²) in [7, 11) is 0. The molecule has 190 valence electrons. The van der Waals surface area contributed by atoms with Crippen molar-refractivity contribution in [3.05, 3.63) is 91.4 Å². The van der Waals surface area contributed by atoms with Gasteiger partial charge in [-0.25, -0.2) is 14.5 Å². The van der Waals surface area contributed by atoms with Gasteiger partial charge in [-0.05, 0) is 51.1 Å². The minimum Gasteiger partial charge on any atom is -0.476 e. The van der Waals surface area contributed by atoms with E-state index in [1.54, 1.807) is 48.3 Å². The number of nitrogens with one attached hydrogen (secondary N) is 1. The maximum Gasteiger partial charge on any atom is 0.356 e. The van der Waals surface area contributed by atoms with E-state index in [0.29, 0.717) is 44.1 Å². The molecule has 9 nitrogen and oxygen atoms in total. The molecule has 0 aliphatic carbocycles. The van der Waals surface area contributed by atoms with Gasteiger partial charge in [0.15, 0.2) is 11.3 Å². The Balaban J connectivity index is 1.59. The molecule has 2 N–H and O–H groups in total. The number of carboxylic acids is 1. The number of halogens is 1. The number of carbonyl (C=O) groups is 1. The molecule has 0 saturated heterocycles. The lowest BCUT2D eigenvalue weighted by molar-refractivity contribution is 0.0691. The highest BCUT2D eigenvalue weighted by atomic mass is 35.5. The van der Waals surface area contributed by atoms with Crippen molar-refractivity contribution >= 4 is 44.9 Å². The smallest absolute Gasteiger partial charge is 0.356 e. The van der Waals surface area contributed by atoms with Gasteiger partial charge in [0.25, 0.3) is 0 Å².